The molecule has 1 amide bonds. The van der Waals surface area contributed by atoms with E-state index in [0.717, 1.165) is 5.56 Å². The molecule has 16 heavy (non-hydrogen) atoms. The molecule has 0 aliphatic heterocycles. The van der Waals surface area contributed by atoms with Crippen LogP contribution in [-0.4, -0.2) is 5.91 Å². The summed E-state index contributed by atoms with van der Waals surface area (Å²) in [6, 6.07) is 2.90. The lowest BCUT2D eigenvalue weighted by atomic mass is 10.2. The van der Waals surface area contributed by atoms with E-state index in [1.54, 1.807) is 13.0 Å². The Morgan fingerprint density at radius 2 is 2.31 bits per heavy atom. The number of hydrogen-bond acceptors (Lipinski definition) is 1. The van der Waals surface area contributed by atoms with Crippen LogP contribution in [-0.2, 0) is 4.79 Å². The summed E-state index contributed by atoms with van der Waals surface area (Å²) in [5.41, 5.74) is 1.27. The zero-order valence-corrected chi connectivity index (χ0v) is 10.4. The molecule has 0 spiro atoms. The monoisotopic (exact) mass is 283 g/mol. The standard InChI is InChI=1S/C12H11BrFNO/c1-3-4-5-12(16)15-11-7-10(14)9(13)6-8(11)2/h1,6-7H,4-5H2,2H3,(H,15,16). The zero-order valence-electron chi connectivity index (χ0n) is 8.81. The van der Waals surface area contributed by atoms with E-state index in [-0.39, 0.29) is 12.3 Å². The number of nitrogens with one attached hydrogen (secondary N) is 1. The molecule has 4 heteroatoms. The fourth-order valence-electron chi connectivity index (χ4n) is 1.18. The van der Waals surface area contributed by atoms with Crippen LogP contribution < -0.4 is 5.32 Å². The van der Waals surface area contributed by atoms with Gasteiger partial charge in [0.1, 0.15) is 5.82 Å². The first-order chi connectivity index (χ1) is 7.54. The van der Waals surface area contributed by atoms with Crippen molar-refractivity contribution in [2.24, 2.45) is 0 Å². The molecule has 0 heterocycles. The van der Waals surface area contributed by atoms with Crippen LogP contribution in [0.4, 0.5) is 10.1 Å². The number of halogens is 2. The number of hydrogen-bond donors (Lipinski definition) is 1. The fraction of sp³-hybridized carbons (Fsp3) is 0.250. The van der Waals surface area contributed by atoms with Crippen LogP contribution >= 0.6 is 15.9 Å². The molecule has 1 aromatic rings. The summed E-state index contributed by atoms with van der Waals surface area (Å²) in [7, 11) is 0. The minimum absolute atomic E-state index is 0.206. The number of carbonyl (C=O) groups is 1. The van der Waals surface area contributed by atoms with Gasteiger partial charge in [-0.3, -0.25) is 4.79 Å². The Bertz CT molecular complexity index is 451. The predicted molar refractivity (Wildman–Crippen MR) is 65.5 cm³/mol. The Morgan fingerprint density at radius 3 is 2.94 bits per heavy atom. The molecule has 0 aliphatic rings. The van der Waals surface area contributed by atoms with E-state index >= 15 is 0 Å². The highest BCUT2D eigenvalue weighted by Crippen LogP contribution is 2.24. The smallest absolute Gasteiger partial charge is 0.225 e. The maximum atomic E-state index is 13.2. The van der Waals surface area contributed by atoms with Crippen molar-refractivity contribution in [3.8, 4) is 12.3 Å². The van der Waals surface area contributed by atoms with E-state index in [9.17, 15) is 9.18 Å². The maximum Gasteiger partial charge on any atom is 0.225 e. The molecule has 0 aromatic heterocycles. The van der Waals surface area contributed by atoms with Crippen molar-refractivity contribution >= 4 is 27.5 Å². The fourth-order valence-corrected chi connectivity index (χ4v) is 1.64. The van der Waals surface area contributed by atoms with Crippen molar-refractivity contribution in [3.05, 3.63) is 28.0 Å². The van der Waals surface area contributed by atoms with Crippen LogP contribution in [0.15, 0.2) is 16.6 Å². The molecule has 1 rings (SSSR count). The topological polar surface area (TPSA) is 29.1 Å². The number of aryl methyl sites for hydroxylation is 1. The largest absolute Gasteiger partial charge is 0.326 e. The molecule has 0 atom stereocenters. The molecule has 1 aromatic carbocycles. The van der Waals surface area contributed by atoms with Gasteiger partial charge in [-0.1, -0.05) is 0 Å². The Morgan fingerprint density at radius 1 is 1.62 bits per heavy atom. The third kappa shape index (κ3) is 3.35. The highest BCUT2D eigenvalue weighted by molar-refractivity contribution is 9.10. The minimum atomic E-state index is -0.405. The van der Waals surface area contributed by atoms with Crippen LogP contribution in [0.5, 0.6) is 0 Å². The SMILES string of the molecule is C#CCCC(=O)Nc1cc(F)c(Br)cc1C. The van der Waals surface area contributed by atoms with Crippen LogP contribution in [0.2, 0.25) is 0 Å². The highest BCUT2D eigenvalue weighted by atomic mass is 79.9. The van der Waals surface area contributed by atoms with Crippen molar-refractivity contribution in [2.75, 3.05) is 5.32 Å². The van der Waals surface area contributed by atoms with Gasteiger partial charge < -0.3 is 5.32 Å². The van der Waals surface area contributed by atoms with Crippen LogP contribution in [0.25, 0.3) is 0 Å². The van der Waals surface area contributed by atoms with Gasteiger partial charge in [-0.2, -0.15) is 0 Å². The van der Waals surface area contributed by atoms with Gasteiger partial charge in [0.25, 0.3) is 0 Å². The molecule has 0 saturated heterocycles. The summed E-state index contributed by atoms with van der Waals surface area (Å²) in [5, 5.41) is 2.62. The van der Waals surface area contributed by atoms with Gasteiger partial charge in [-0.05, 0) is 40.5 Å². The molecule has 1 N–H and O–H groups in total. The molecule has 84 valence electrons. The van der Waals surface area contributed by atoms with E-state index in [1.165, 1.54) is 6.07 Å². The second-order valence-electron chi connectivity index (χ2n) is 3.33. The van der Waals surface area contributed by atoms with Gasteiger partial charge in [-0.15, -0.1) is 12.3 Å². The van der Waals surface area contributed by atoms with Gasteiger partial charge in [0, 0.05) is 18.5 Å². The second kappa shape index (κ2) is 5.66. The summed E-state index contributed by atoms with van der Waals surface area (Å²) in [6.07, 6.45) is 5.67. The summed E-state index contributed by atoms with van der Waals surface area (Å²) in [4.78, 5) is 11.4. The number of rotatable bonds is 3. The Hall–Kier alpha value is -1.34. The molecule has 0 bridgehead atoms. The third-order valence-electron chi connectivity index (χ3n) is 2.04. The van der Waals surface area contributed by atoms with Crippen molar-refractivity contribution in [3.63, 3.8) is 0 Å². The van der Waals surface area contributed by atoms with Crippen molar-refractivity contribution in [2.45, 2.75) is 19.8 Å². The Labute approximate surface area is 102 Å². The molecule has 0 saturated carbocycles. The maximum absolute atomic E-state index is 13.2. The molecule has 2 nitrogen and oxygen atoms in total. The highest BCUT2D eigenvalue weighted by Gasteiger charge is 2.08. The van der Waals surface area contributed by atoms with E-state index in [4.69, 9.17) is 6.42 Å². The molecule has 0 fully saturated rings. The van der Waals surface area contributed by atoms with Crippen molar-refractivity contribution < 1.29 is 9.18 Å². The van der Waals surface area contributed by atoms with Gasteiger partial charge in [0.05, 0.1) is 4.47 Å². The van der Waals surface area contributed by atoms with Crippen molar-refractivity contribution in [1.29, 1.82) is 0 Å². The molecule has 0 aliphatic carbocycles. The predicted octanol–water partition coefficient (Wildman–Crippen LogP) is 3.25. The number of terminal acetylenes is 1. The number of amides is 1. The first-order valence-electron chi connectivity index (χ1n) is 4.73. The minimum Gasteiger partial charge on any atom is -0.326 e. The first-order valence-corrected chi connectivity index (χ1v) is 5.53. The number of carbonyl (C=O) groups excluding carboxylic acids is 1. The van der Waals surface area contributed by atoms with Crippen LogP contribution in [0.1, 0.15) is 18.4 Å². The Kier molecular flexibility index (Phi) is 4.51. The normalized spacial score (nSPS) is 9.62. The lowest BCUT2D eigenvalue weighted by Gasteiger charge is -2.08. The van der Waals surface area contributed by atoms with Crippen LogP contribution in [0.3, 0.4) is 0 Å². The van der Waals surface area contributed by atoms with Gasteiger partial charge in [0.15, 0.2) is 0 Å². The first kappa shape index (κ1) is 12.7. The van der Waals surface area contributed by atoms with E-state index in [0.29, 0.717) is 16.6 Å². The Balaban J connectivity index is 2.78. The average Bonchev–Trinajstić information content (AvgIpc) is 2.23. The van der Waals surface area contributed by atoms with Crippen molar-refractivity contribution in [1.82, 2.24) is 0 Å². The number of anilines is 1. The molecular weight excluding hydrogens is 273 g/mol. The van der Waals surface area contributed by atoms with Gasteiger partial charge in [-0.25, -0.2) is 4.39 Å². The quantitative estimate of drug-likeness (QED) is 0.848. The molecular formula is C12H11BrFNO. The summed E-state index contributed by atoms with van der Waals surface area (Å²) in [6.45, 7) is 1.79. The summed E-state index contributed by atoms with van der Waals surface area (Å²) < 4.78 is 13.6. The lowest BCUT2D eigenvalue weighted by Crippen LogP contribution is -2.12. The van der Waals surface area contributed by atoms with Crippen LogP contribution in [0, 0.1) is 25.1 Å². The third-order valence-corrected chi connectivity index (χ3v) is 2.65. The summed E-state index contributed by atoms with van der Waals surface area (Å²) in [5.74, 6) is 1.77. The molecule has 0 unspecified atom stereocenters. The van der Waals surface area contributed by atoms with E-state index in [2.05, 4.69) is 27.2 Å². The number of benzene rings is 1. The van der Waals surface area contributed by atoms with E-state index in [1.807, 2.05) is 0 Å². The molecule has 0 radical (unpaired) electrons. The van der Waals surface area contributed by atoms with E-state index < -0.39 is 5.82 Å². The summed E-state index contributed by atoms with van der Waals surface area (Å²) >= 11 is 3.07. The zero-order chi connectivity index (χ0) is 12.1. The average molecular weight is 284 g/mol. The van der Waals surface area contributed by atoms with Gasteiger partial charge in [0.2, 0.25) is 5.91 Å². The van der Waals surface area contributed by atoms with Gasteiger partial charge >= 0.3 is 0 Å². The second-order valence-corrected chi connectivity index (χ2v) is 4.19. The lowest BCUT2D eigenvalue weighted by molar-refractivity contribution is -0.116.